The van der Waals surface area contributed by atoms with Crippen molar-refractivity contribution in [3.05, 3.63) is 57.2 Å². The molecule has 1 N–H and O–H groups in total. The van der Waals surface area contributed by atoms with Crippen LogP contribution in [0.5, 0.6) is 0 Å². The van der Waals surface area contributed by atoms with Crippen molar-refractivity contribution in [2.45, 2.75) is 12.5 Å². The summed E-state index contributed by atoms with van der Waals surface area (Å²) in [6.45, 7) is 0.299. The summed E-state index contributed by atoms with van der Waals surface area (Å²) in [6.07, 6.45) is -0.320. The first kappa shape index (κ1) is 15.0. The maximum Gasteiger partial charge on any atom is 0.226 e. The largest absolute Gasteiger partial charge is 0.386 e. The van der Waals surface area contributed by atoms with E-state index in [1.807, 2.05) is 29.6 Å². The SMILES string of the molecule is CN(CC(O)c1cccs1)C(=O)Cc1ccc(Cl)cc1. The van der Waals surface area contributed by atoms with Crippen LogP contribution in [0.4, 0.5) is 0 Å². The van der Waals surface area contributed by atoms with Crippen LogP contribution in [-0.4, -0.2) is 29.5 Å². The van der Waals surface area contributed by atoms with E-state index in [-0.39, 0.29) is 5.91 Å². The van der Waals surface area contributed by atoms with Gasteiger partial charge in [0.2, 0.25) is 5.91 Å². The molecule has 0 aliphatic heterocycles. The van der Waals surface area contributed by atoms with Gasteiger partial charge in [-0.2, -0.15) is 0 Å². The van der Waals surface area contributed by atoms with Crippen LogP contribution in [0, 0.1) is 0 Å². The molecule has 3 nitrogen and oxygen atoms in total. The molecule has 1 atom stereocenters. The highest BCUT2D eigenvalue weighted by Crippen LogP contribution is 2.19. The van der Waals surface area contributed by atoms with Gasteiger partial charge in [0.1, 0.15) is 6.10 Å². The third-order valence-corrected chi connectivity index (χ3v) is 4.24. The lowest BCUT2D eigenvalue weighted by Crippen LogP contribution is -2.32. The summed E-state index contributed by atoms with van der Waals surface area (Å²) in [5.74, 6) is -0.0251. The van der Waals surface area contributed by atoms with Crippen LogP contribution in [-0.2, 0) is 11.2 Å². The number of carbonyl (C=O) groups excluding carboxylic acids is 1. The molecule has 0 saturated carbocycles. The van der Waals surface area contributed by atoms with Gasteiger partial charge in [-0.15, -0.1) is 11.3 Å². The van der Waals surface area contributed by atoms with Gasteiger partial charge in [0.05, 0.1) is 13.0 Å². The minimum Gasteiger partial charge on any atom is -0.386 e. The molecule has 0 saturated heterocycles. The van der Waals surface area contributed by atoms with E-state index in [2.05, 4.69) is 0 Å². The summed E-state index contributed by atoms with van der Waals surface area (Å²) >= 11 is 7.30. The van der Waals surface area contributed by atoms with Gasteiger partial charge in [0.25, 0.3) is 0 Å². The minimum absolute atomic E-state index is 0.0251. The van der Waals surface area contributed by atoms with Crippen molar-refractivity contribution in [2.75, 3.05) is 13.6 Å². The highest BCUT2D eigenvalue weighted by Gasteiger charge is 2.16. The number of hydrogen-bond donors (Lipinski definition) is 1. The molecule has 0 aliphatic carbocycles. The molecule has 1 aromatic heterocycles. The molecule has 0 aliphatic rings. The molecule has 1 aromatic carbocycles. The van der Waals surface area contributed by atoms with Crippen molar-refractivity contribution >= 4 is 28.8 Å². The maximum atomic E-state index is 12.1. The number of aliphatic hydroxyl groups is 1. The zero-order valence-corrected chi connectivity index (χ0v) is 12.7. The summed E-state index contributed by atoms with van der Waals surface area (Å²) in [7, 11) is 1.70. The first-order valence-electron chi connectivity index (χ1n) is 6.26. The van der Waals surface area contributed by atoms with Crippen molar-refractivity contribution in [1.82, 2.24) is 4.90 Å². The molecule has 1 amide bonds. The van der Waals surface area contributed by atoms with E-state index in [4.69, 9.17) is 11.6 Å². The van der Waals surface area contributed by atoms with E-state index < -0.39 is 6.10 Å². The van der Waals surface area contributed by atoms with Crippen molar-refractivity contribution in [3.8, 4) is 0 Å². The zero-order valence-electron chi connectivity index (χ0n) is 11.1. The van der Waals surface area contributed by atoms with E-state index in [1.165, 1.54) is 11.3 Å². The maximum absolute atomic E-state index is 12.1. The molecule has 2 aromatic rings. The van der Waals surface area contributed by atoms with Crippen molar-refractivity contribution in [3.63, 3.8) is 0 Å². The Kier molecular flexibility index (Phi) is 5.17. The number of rotatable bonds is 5. The van der Waals surface area contributed by atoms with Crippen molar-refractivity contribution < 1.29 is 9.90 Å². The second-order valence-corrected chi connectivity index (χ2v) is 6.02. The fourth-order valence-corrected chi connectivity index (χ4v) is 2.67. The standard InChI is InChI=1S/C15H16ClNO2S/c1-17(10-13(18)14-3-2-8-20-14)15(19)9-11-4-6-12(16)7-5-11/h2-8,13,18H,9-10H2,1H3. The van der Waals surface area contributed by atoms with Crippen LogP contribution in [0.2, 0.25) is 5.02 Å². The molecular weight excluding hydrogens is 294 g/mol. The summed E-state index contributed by atoms with van der Waals surface area (Å²) < 4.78 is 0. The van der Waals surface area contributed by atoms with E-state index in [0.29, 0.717) is 18.0 Å². The van der Waals surface area contributed by atoms with Gasteiger partial charge in [0.15, 0.2) is 0 Å². The molecular formula is C15H16ClNO2S. The fraction of sp³-hybridized carbons (Fsp3) is 0.267. The number of thiophene rings is 1. The van der Waals surface area contributed by atoms with Crippen LogP contribution in [0.1, 0.15) is 16.5 Å². The van der Waals surface area contributed by atoms with Crippen molar-refractivity contribution in [1.29, 1.82) is 0 Å². The van der Waals surface area contributed by atoms with Gasteiger partial charge in [-0.1, -0.05) is 29.8 Å². The Hall–Kier alpha value is -1.36. The predicted octanol–water partition coefficient (Wildman–Crippen LogP) is 3.14. The molecule has 2 rings (SSSR count). The molecule has 106 valence electrons. The average Bonchev–Trinajstić information content (AvgIpc) is 2.95. The molecule has 20 heavy (non-hydrogen) atoms. The molecule has 0 bridgehead atoms. The van der Waals surface area contributed by atoms with Crippen LogP contribution >= 0.6 is 22.9 Å². The Balaban J connectivity index is 1.90. The van der Waals surface area contributed by atoms with E-state index in [0.717, 1.165) is 10.4 Å². The molecule has 5 heteroatoms. The fourth-order valence-electron chi connectivity index (χ4n) is 1.84. The smallest absolute Gasteiger partial charge is 0.226 e. The third kappa shape index (κ3) is 4.07. The normalized spacial score (nSPS) is 12.2. The number of amides is 1. The van der Waals surface area contributed by atoms with E-state index in [1.54, 1.807) is 24.1 Å². The number of benzene rings is 1. The number of halogens is 1. The van der Waals surface area contributed by atoms with Crippen LogP contribution in [0.15, 0.2) is 41.8 Å². The predicted molar refractivity (Wildman–Crippen MR) is 82.1 cm³/mol. The molecule has 1 unspecified atom stereocenters. The summed E-state index contributed by atoms with van der Waals surface area (Å²) in [5, 5.41) is 12.6. The Labute approximate surface area is 127 Å². The second kappa shape index (κ2) is 6.88. The Morgan fingerprint density at radius 3 is 2.65 bits per heavy atom. The molecule has 1 heterocycles. The van der Waals surface area contributed by atoms with Gasteiger partial charge in [-0.05, 0) is 29.1 Å². The highest BCUT2D eigenvalue weighted by molar-refractivity contribution is 7.10. The Bertz CT molecular complexity index is 554. The highest BCUT2D eigenvalue weighted by atomic mass is 35.5. The summed E-state index contributed by atoms with van der Waals surface area (Å²) in [4.78, 5) is 14.5. The monoisotopic (exact) mass is 309 g/mol. The lowest BCUT2D eigenvalue weighted by molar-refractivity contribution is -0.130. The Morgan fingerprint density at radius 1 is 1.35 bits per heavy atom. The van der Waals surface area contributed by atoms with Gasteiger partial charge < -0.3 is 10.0 Å². The van der Waals surface area contributed by atoms with Crippen LogP contribution in [0.25, 0.3) is 0 Å². The van der Waals surface area contributed by atoms with Crippen LogP contribution in [0.3, 0.4) is 0 Å². The molecule has 0 spiro atoms. The summed E-state index contributed by atoms with van der Waals surface area (Å²) in [6, 6.07) is 11.0. The topological polar surface area (TPSA) is 40.5 Å². The average molecular weight is 310 g/mol. The first-order chi connectivity index (χ1) is 9.56. The van der Waals surface area contributed by atoms with Gasteiger partial charge in [-0.25, -0.2) is 0 Å². The lowest BCUT2D eigenvalue weighted by atomic mass is 10.1. The zero-order chi connectivity index (χ0) is 14.5. The number of hydrogen-bond acceptors (Lipinski definition) is 3. The van der Waals surface area contributed by atoms with Gasteiger partial charge >= 0.3 is 0 Å². The van der Waals surface area contributed by atoms with Crippen molar-refractivity contribution in [2.24, 2.45) is 0 Å². The van der Waals surface area contributed by atoms with Crippen LogP contribution < -0.4 is 0 Å². The minimum atomic E-state index is -0.630. The molecule has 0 radical (unpaired) electrons. The van der Waals surface area contributed by atoms with Gasteiger partial charge in [0, 0.05) is 16.9 Å². The number of aliphatic hydroxyl groups excluding tert-OH is 1. The number of carbonyl (C=O) groups is 1. The summed E-state index contributed by atoms with van der Waals surface area (Å²) in [5.41, 5.74) is 0.914. The second-order valence-electron chi connectivity index (χ2n) is 4.61. The molecule has 0 fully saturated rings. The van der Waals surface area contributed by atoms with E-state index >= 15 is 0 Å². The van der Waals surface area contributed by atoms with Gasteiger partial charge in [-0.3, -0.25) is 4.79 Å². The third-order valence-electron chi connectivity index (χ3n) is 3.01. The van der Waals surface area contributed by atoms with E-state index in [9.17, 15) is 9.90 Å². The number of likely N-dealkylation sites (N-methyl/N-ethyl adjacent to an activating group) is 1. The Morgan fingerprint density at radius 2 is 2.05 bits per heavy atom. The first-order valence-corrected chi connectivity index (χ1v) is 7.52. The lowest BCUT2D eigenvalue weighted by Gasteiger charge is -2.20. The quantitative estimate of drug-likeness (QED) is 0.922. The number of nitrogens with zero attached hydrogens (tertiary/aromatic N) is 1.